The van der Waals surface area contributed by atoms with Crippen LogP contribution in [0.3, 0.4) is 0 Å². The summed E-state index contributed by atoms with van der Waals surface area (Å²) < 4.78 is 5.66. The molecule has 106 valence electrons. The Hall–Kier alpha value is -1.55. The van der Waals surface area contributed by atoms with E-state index < -0.39 is 0 Å². The summed E-state index contributed by atoms with van der Waals surface area (Å²) in [6.07, 6.45) is 1.02. The summed E-state index contributed by atoms with van der Waals surface area (Å²) in [5.74, 6) is 0.761. The molecule has 0 aliphatic carbocycles. The van der Waals surface area contributed by atoms with Gasteiger partial charge in [-0.05, 0) is 31.4 Å². The topological polar surface area (TPSA) is 58.6 Å². The lowest BCUT2D eigenvalue weighted by Gasteiger charge is -2.15. The molecule has 1 aromatic rings. The average molecular weight is 265 g/mol. The number of aliphatic hydroxyl groups is 1. The molecule has 0 radical (unpaired) electrons. The molecule has 1 unspecified atom stereocenters. The van der Waals surface area contributed by atoms with Gasteiger partial charge in [-0.3, -0.25) is 4.79 Å². The molecule has 0 aliphatic heterocycles. The maximum absolute atomic E-state index is 11.6. The van der Waals surface area contributed by atoms with Crippen molar-refractivity contribution < 1.29 is 14.6 Å². The largest absolute Gasteiger partial charge is 0.493 e. The van der Waals surface area contributed by atoms with Gasteiger partial charge in [-0.2, -0.15) is 0 Å². The maximum Gasteiger partial charge on any atom is 0.223 e. The number of aliphatic hydroxyl groups excluding tert-OH is 1. The number of hydrogen-bond donors (Lipinski definition) is 2. The van der Waals surface area contributed by atoms with Crippen LogP contribution in [0.2, 0.25) is 0 Å². The van der Waals surface area contributed by atoms with E-state index in [1.165, 1.54) is 0 Å². The molecular formula is C15H23NO3. The minimum Gasteiger partial charge on any atom is -0.493 e. The van der Waals surface area contributed by atoms with Gasteiger partial charge in [-0.1, -0.05) is 25.1 Å². The molecule has 1 aromatic carbocycles. The van der Waals surface area contributed by atoms with Crippen LogP contribution >= 0.6 is 0 Å². The first-order valence-corrected chi connectivity index (χ1v) is 6.67. The molecule has 0 fully saturated rings. The average Bonchev–Trinajstić information content (AvgIpc) is 2.39. The molecule has 19 heavy (non-hydrogen) atoms. The van der Waals surface area contributed by atoms with Crippen molar-refractivity contribution in [3.05, 3.63) is 29.3 Å². The molecule has 1 atom stereocenters. The number of aryl methyl sites for hydroxylation is 2. The summed E-state index contributed by atoms with van der Waals surface area (Å²) >= 11 is 0. The number of amides is 1. The predicted octanol–water partition coefficient (Wildman–Crippen LogP) is 1.96. The van der Waals surface area contributed by atoms with Gasteiger partial charge in [-0.25, -0.2) is 0 Å². The highest BCUT2D eigenvalue weighted by molar-refractivity contribution is 5.76. The Morgan fingerprint density at radius 1 is 1.37 bits per heavy atom. The first-order valence-electron chi connectivity index (χ1n) is 6.67. The Balaban J connectivity index is 2.40. The van der Waals surface area contributed by atoms with Crippen molar-refractivity contribution in [1.82, 2.24) is 5.32 Å². The molecule has 0 spiro atoms. The van der Waals surface area contributed by atoms with Crippen molar-refractivity contribution >= 4 is 5.91 Å². The Morgan fingerprint density at radius 3 is 2.53 bits per heavy atom. The van der Waals surface area contributed by atoms with Gasteiger partial charge in [0.2, 0.25) is 5.91 Å². The second-order valence-corrected chi connectivity index (χ2v) is 4.67. The van der Waals surface area contributed by atoms with Crippen LogP contribution in [0, 0.1) is 13.8 Å². The second kappa shape index (κ2) is 7.79. The lowest BCUT2D eigenvalue weighted by molar-refractivity contribution is -0.122. The third-order valence-electron chi connectivity index (χ3n) is 3.06. The minimum atomic E-state index is -0.160. The van der Waals surface area contributed by atoms with Crippen LogP contribution in [0.1, 0.15) is 30.9 Å². The van der Waals surface area contributed by atoms with Crippen LogP contribution in [-0.4, -0.2) is 30.3 Å². The van der Waals surface area contributed by atoms with Crippen LogP contribution < -0.4 is 10.1 Å². The summed E-state index contributed by atoms with van der Waals surface area (Å²) in [6, 6.07) is 5.80. The maximum atomic E-state index is 11.6. The zero-order valence-electron chi connectivity index (χ0n) is 11.9. The van der Waals surface area contributed by atoms with Crippen LogP contribution in [0.25, 0.3) is 0 Å². The summed E-state index contributed by atoms with van der Waals surface area (Å²) in [7, 11) is 0. The van der Waals surface area contributed by atoms with Crippen LogP contribution in [0.15, 0.2) is 18.2 Å². The fourth-order valence-electron chi connectivity index (χ4n) is 1.85. The van der Waals surface area contributed by atoms with Crippen LogP contribution in [0.4, 0.5) is 0 Å². The number of nitrogens with one attached hydrogen (secondary N) is 1. The Kier molecular flexibility index (Phi) is 6.36. The van der Waals surface area contributed by atoms with Gasteiger partial charge < -0.3 is 15.2 Å². The van der Waals surface area contributed by atoms with Gasteiger partial charge in [0, 0.05) is 0 Å². The molecule has 2 N–H and O–H groups in total. The highest BCUT2D eigenvalue weighted by atomic mass is 16.5. The molecule has 1 rings (SSSR count). The van der Waals surface area contributed by atoms with Gasteiger partial charge in [-0.15, -0.1) is 0 Å². The molecule has 4 nitrogen and oxygen atoms in total. The highest BCUT2D eigenvalue weighted by Gasteiger charge is 2.10. The number of ether oxygens (including phenoxy) is 1. The van der Waals surface area contributed by atoms with Crippen molar-refractivity contribution in [1.29, 1.82) is 0 Å². The van der Waals surface area contributed by atoms with E-state index in [0.29, 0.717) is 13.0 Å². The number of rotatable bonds is 7. The third kappa shape index (κ3) is 4.91. The van der Waals surface area contributed by atoms with E-state index in [0.717, 1.165) is 23.3 Å². The lowest BCUT2D eigenvalue weighted by Crippen LogP contribution is -2.37. The van der Waals surface area contributed by atoms with Crippen LogP contribution in [0.5, 0.6) is 5.75 Å². The molecule has 0 bridgehead atoms. The molecule has 0 saturated carbocycles. The summed E-state index contributed by atoms with van der Waals surface area (Å²) in [5.41, 5.74) is 2.14. The molecule has 1 amide bonds. The normalized spacial score (nSPS) is 12.0. The van der Waals surface area contributed by atoms with E-state index in [9.17, 15) is 4.79 Å². The van der Waals surface area contributed by atoms with Crippen molar-refractivity contribution in [3.8, 4) is 5.75 Å². The zero-order chi connectivity index (χ0) is 14.3. The Bertz CT molecular complexity index is 394. The standard InChI is InChI=1S/C15H23NO3/c1-4-13(10-17)16-14(18)8-9-19-15-11(2)6-5-7-12(15)3/h5-7,13,17H,4,8-10H2,1-3H3,(H,16,18). The first kappa shape index (κ1) is 15.5. The van der Waals surface area contributed by atoms with Gasteiger partial charge in [0.15, 0.2) is 0 Å². The molecule has 0 heterocycles. The van der Waals surface area contributed by atoms with Crippen molar-refractivity contribution in [2.24, 2.45) is 0 Å². The van der Waals surface area contributed by atoms with Crippen molar-refractivity contribution in [2.75, 3.05) is 13.2 Å². The van der Waals surface area contributed by atoms with E-state index >= 15 is 0 Å². The lowest BCUT2D eigenvalue weighted by atomic mass is 10.1. The van der Waals surface area contributed by atoms with Crippen LogP contribution in [-0.2, 0) is 4.79 Å². The highest BCUT2D eigenvalue weighted by Crippen LogP contribution is 2.22. The van der Waals surface area contributed by atoms with E-state index in [1.807, 2.05) is 39.0 Å². The zero-order valence-corrected chi connectivity index (χ0v) is 11.9. The van der Waals surface area contributed by atoms with Gasteiger partial charge in [0.25, 0.3) is 0 Å². The van der Waals surface area contributed by atoms with E-state index in [4.69, 9.17) is 9.84 Å². The Labute approximate surface area is 114 Å². The molecule has 0 aliphatic rings. The quantitative estimate of drug-likeness (QED) is 0.792. The number of carbonyl (C=O) groups excluding carboxylic acids is 1. The monoisotopic (exact) mass is 265 g/mol. The molecular weight excluding hydrogens is 242 g/mol. The summed E-state index contributed by atoms with van der Waals surface area (Å²) in [5, 5.41) is 11.8. The fraction of sp³-hybridized carbons (Fsp3) is 0.533. The summed E-state index contributed by atoms with van der Waals surface area (Å²) in [4.78, 5) is 11.6. The number of benzene rings is 1. The number of para-hydroxylation sites is 1. The number of carbonyl (C=O) groups is 1. The first-order chi connectivity index (χ1) is 9.08. The smallest absolute Gasteiger partial charge is 0.223 e. The SMILES string of the molecule is CCC(CO)NC(=O)CCOc1c(C)cccc1C. The third-order valence-corrected chi connectivity index (χ3v) is 3.06. The molecule has 4 heteroatoms. The van der Waals surface area contributed by atoms with Crippen molar-refractivity contribution in [2.45, 2.75) is 39.7 Å². The van der Waals surface area contributed by atoms with E-state index in [-0.39, 0.29) is 18.6 Å². The Morgan fingerprint density at radius 2 is 2.00 bits per heavy atom. The second-order valence-electron chi connectivity index (χ2n) is 4.67. The predicted molar refractivity (Wildman–Crippen MR) is 75.3 cm³/mol. The van der Waals surface area contributed by atoms with Crippen molar-refractivity contribution in [3.63, 3.8) is 0 Å². The summed E-state index contributed by atoms with van der Waals surface area (Å²) in [6.45, 7) is 6.22. The molecule has 0 aromatic heterocycles. The van der Waals surface area contributed by atoms with E-state index in [1.54, 1.807) is 0 Å². The van der Waals surface area contributed by atoms with Gasteiger partial charge in [0.05, 0.1) is 25.7 Å². The van der Waals surface area contributed by atoms with Gasteiger partial charge >= 0.3 is 0 Å². The fourth-order valence-corrected chi connectivity index (χ4v) is 1.85. The minimum absolute atomic E-state index is 0.0278. The van der Waals surface area contributed by atoms with E-state index in [2.05, 4.69) is 5.32 Å². The van der Waals surface area contributed by atoms with Gasteiger partial charge in [0.1, 0.15) is 5.75 Å². The number of hydrogen-bond acceptors (Lipinski definition) is 3. The molecule has 0 saturated heterocycles.